The number of thioether (sulfide) groups is 1. The van der Waals surface area contributed by atoms with Crippen LogP contribution in [0.5, 0.6) is 0 Å². The Morgan fingerprint density at radius 2 is 2.40 bits per heavy atom. The minimum atomic E-state index is -0.381. The third-order valence-electron chi connectivity index (χ3n) is 3.13. The van der Waals surface area contributed by atoms with Crippen LogP contribution in [0.4, 0.5) is 5.69 Å². The molecular weight excluding hydrogens is 318 g/mol. The first kappa shape index (κ1) is 15.5. The molecule has 0 bridgehead atoms. The highest BCUT2D eigenvalue weighted by atomic mass is 35.5. The van der Waals surface area contributed by atoms with Gasteiger partial charge in [-0.3, -0.25) is 10.1 Å². The molecule has 1 N–H and O–H groups in total. The number of nitro benzene ring substituents is 1. The van der Waals surface area contributed by atoms with Gasteiger partial charge in [0.15, 0.2) is 4.34 Å². The Morgan fingerprint density at radius 1 is 1.55 bits per heavy atom. The molecule has 1 unspecified atom stereocenters. The van der Waals surface area contributed by atoms with Gasteiger partial charge in [-0.1, -0.05) is 11.8 Å². The molecule has 1 atom stereocenters. The third kappa shape index (κ3) is 3.41. The van der Waals surface area contributed by atoms with Crippen LogP contribution in [0.25, 0.3) is 10.2 Å². The lowest BCUT2D eigenvalue weighted by molar-refractivity contribution is -0.384. The number of benzene rings is 1. The van der Waals surface area contributed by atoms with E-state index in [1.54, 1.807) is 35.2 Å². The van der Waals surface area contributed by atoms with E-state index in [1.165, 1.54) is 18.9 Å². The SMILES string of the molecule is Cl.O=[N+]([O-])c1ccc2sc(SCC3CCCN3)nc2c1. The van der Waals surface area contributed by atoms with Crippen molar-refractivity contribution in [3.8, 4) is 0 Å². The molecule has 20 heavy (non-hydrogen) atoms. The molecule has 1 aliphatic rings. The van der Waals surface area contributed by atoms with Gasteiger partial charge in [-0.2, -0.15) is 0 Å². The lowest BCUT2D eigenvalue weighted by Crippen LogP contribution is -2.23. The Morgan fingerprint density at radius 3 is 3.10 bits per heavy atom. The number of hydrogen-bond acceptors (Lipinski definition) is 6. The summed E-state index contributed by atoms with van der Waals surface area (Å²) in [6, 6.07) is 5.44. The minimum Gasteiger partial charge on any atom is -0.313 e. The zero-order valence-electron chi connectivity index (χ0n) is 10.6. The number of halogens is 1. The van der Waals surface area contributed by atoms with Crippen LogP contribution in [0.15, 0.2) is 22.5 Å². The van der Waals surface area contributed by atoms with E-state index >= 15 is 0 Å². The van der Waals surface area contributed by atoms with E-state index in [-0.39, 0.29) is 23.0 Å². The molecule has 1 saturated heterocycles. The molecule has 108 valence electrons. The largest absolute Gasteiger partial charge is 0.313 e. The van der Waals surface area contributed by atoms with Crippen LogP contribution in [-0.2, 0) is 0 Å². The Hall–Kier alpha value is -0.890. The fourth-order valence-corrected chi connectivity index (χ4v) is 4.32. The summed E-state index contributed by atoms with van der Waals surface area (Å²) in [6.07, 6.45) is 2.47. The number of thiazole rings is 1. The molecule has 1 aromatic carbocycles. The van der Waals surface area contributed by atoms with Crippen LogP contribution in [0.1, 0.15) is 12.8 Å². The fraction of sp³-hybridized carbons (Fsp3) is 0.417. The first-order chi connectivity index (χ1) is 9.22. The second-order valence-corrected chi connectivity index (χ2v) is 6.79. The Balaban J connectivity index is 0.00000147. The molecule has 0 saturated carbocycles. The summed E-state index contributed by atoms with van der Waals surface area (Å²) >= 11 is 3.34. The van der Waals surface area contributed by atoms with Gasteiger partial charge < -0.3 is 5.32 Å². The van der Waals surface area contributed by atoms with E-state index in [1.807, 2.05) is 0 Å². The summed E-state index contributed by atoms with van der Waals surface area (Å²) in [7, 11) is 0. The molecule has 3 rings (SSSR count). The first-order valence-corrected chi connectivity index (χ1v) is 7.94. The van der Waals surface area contributed by atoms with Gasteiger partial charge in [0.05, 0.1) is 15.1 Å². The maximum atomic E-state index is 10.7. The van der Waals surface area contributed by atoms with Crippen molar-refractivity contribution in [1.82, 2.24) is 10.3 Å². The average Bonchev–Trinajstić information content (AvgIpc) is 3.04. The topological polar surface area (TPSA) is 68.1 Å². The van der Waals surface area contributed by atoms with Gasteiger partial charge in [0.25, 0.3) is 5.69 Å². The highest BCUT2D eigenvalue weighted by molar-refractivity contribution is 8.01. The second kappa shape index (κ2) is 6.71. The Labute approximate surface area is 130 Å². The normalized spacial score (nSPS) is 18.1. The summed E-state index contributed by atoms with van der Waals surface area (Å²) < 4.78 is 2.00. The van der Waals surface area contributed by atoms with Crippen molar-refractivity contribution in [2.75, 3.05) is 12.3 Å². The number of fused-ring (bicyclic) bond motifs is 1. The Bertz CT molecular complexity index is 614. The maximum absolute atomic E-state index is 10.7. The van der Waals surface area contributed by atoms with E-state index in [2.05, 4.69) is 10.3 Å². The molecule has 1 aliphatic heterocycles. The van der Waals surface area contributed by atoms with Crippen LogP contribution in [0, 0.1) is 10.1 Å². The van der Waals surface area contributed by atoms with Gasteiger partial charge in [-0.15, -0.1) is 23.7 Å². The molecule has 1 aromatic heterocycles. The van der Waals surface area contributed by atoms with Gasteiger partial charge >= 0.3 is 0 Å². The van der Waals surface area contributed by atoms with Crippen LogP contribution in [-0.4, -0.2) is 28.2 Å². The van der Waals surface area contributed by atoms with Gasteiger partial charge in [0, 0.05) is 23.9 Å². The second-order valence-electron chi connectivity index (χ2n) is 4.49. The summed E-state index contributed by atoms with van der Waals surface area (Å²) in [5.41, 5.74) is 0.827. The molecule has 5 nitrogen and oxygen atoms in total. The van der Waals surface area contributed by atoms with Gasteiger partial charge in [-0.25, -0.2) is 4.98 Å². The number of aromatic nitrogens is 1. The number of nitro groups is 1. The molecule has 0 radical (unpaired) electrons. The lowest BCUT2D eigenvalue weighted by atomic mass is 10.3. The Kier molecular flexibility index (Phi) is 5.20. The maximum Gasteiger partial charge on any atom is 0.271 e. The van der Waals surface area contributed by atoms with E-state index in [9.17, 15) is 10.1 Å². The molecule has 0 aliphatic carbocycles. The number of rotatable bonds is 4. The van der Waals surface area contributed by atoms with Crippen LogP contribution in [0.2, 0.25) is 0 Å². The van der Waals surface area contributed by atoms with E-state index in [0.29, 0.717) is 6.04 Å². The minimum absolute atomic E-state index is 0. The van der Waals surface area contributed by atoms with Crippen molar-refractivity contribution in [2.45, 2.75) is 23.2 Å². The standard InChI is InChI=1S/C12H13N3O2S2.ClH/c16-15(17)9-3-4-11-10(6-9)14-12(19-11)18-7-8-2-1-5-13-8;/h3-4,6,8,13H,1-2,5,7H2;1H. The van der Waals surface area contributed by atoms with Gasteiger partial charge in [0.1, 0.15) is 0 Å². The fourth-order valence-electron chi connectivity index (χ4n) is 2.14. The zero-order chi connectivity index (χ0) is 13.2. The highest BCUT2D eigenvalue weighted by Crippen LogP contribution is 2.32. The van der Waals surface area contributed by atoms with Crippen molar-refractivity contribution in [3.63, 3.8) is 0 Å². The quantitative estimate of drug-likeness (QED) is 0.528. The highest BCUT2D eigenvalue weighted by Gasteiger charge is 2.16. The number of hydrogen-bond donors (Lipinski definition) is 1. The van der Waals surface area contributed by atoms with Crippen molar-refractivity contribution in [3.05, 3.63) is 28.3 Å². The molecule has 0 amide bonds. The lowest BCUT2D eigenvalue weighted by Gasteiger charge is -2.06. The van der Waals surface area contributed by atoms with Crippen molar-refractivity contribution in [2.24, 2.45) is 0 Å². The summed E-state index contributed by atoms with van der Waals surface area (Å²) in [5.74, 6) is 1.02. The summed E-state index contributed by atoms with van der Waals surface area (Å²) in [4.78, 5) is 14.8. The number of nitrogens with one attached hydrogen (secondary N) is 1. The molecule has 0 spiro atoms. The molecule has 2 aromatic rings. The zero-order valence-corrected chi connectivity index (χ0v) is 13.0. The van der Waals surface area contributed by atoms with E-state index < -0.39 is 0 Å². The van der Waals surface area contributed by atoms with Gasteiger partial charge in [0.2, 0.25) is 0 Å². The van der Waals surface area contributed by atoms with E-state index in [4.69, 9.17) is 0 Å². The molecule has 1 fully saturated rings. The molecular formula is C12H14ClN3O2S2. The average molecular weight is 332 g/mol. The summed E-state index contributed by atoms with van der Waals surface area (Å²) in [5, 5.41) is 14.2. The first-order valence-electron chi connectivity index (χ1n) is 6.13. The van der Waals surface area contributed by atoms with Crippen LogP contribution >= 0.6 is 35.5 Å². The van der Waals surface area contributed by atoms with Gasteiger partial charge in [-0.05, 0) is 25.5 Å². The van der Waals surface area contributed by atoms with Crippen LogP contribution in [0.3, 0.4) is 0 Å². The van der Waals surface area contributed by atoms with Crippen molar-refractivity contribution >= 4 is 51.4 Å². The van der Waals surface area contributed by atoms with E-state index in [0.717, 1.165) is 26.9 Å². The number of non-ortho nitro benzene ring substituents is 1. The third-order valence-corrected chi connectivity index (χ3v) is 5.47. The summed E-state index contributed by atoms with van der Waals surface area (Å²) in [6.45, 7) is 1.11. The monoisotopic (exact) mass is 331 g/mol. The molecule has 2 heterocycles. The molecule has 8 heteroatoms. The predicted octanol–water partition coefficient (Wildman–Crippen LogP) is 3.47. The smallest absolute Gasteiger partial charge is 0.271 e. The van der Waals surface area contributed by atoms with Crippen LogP contribution < -0.4 is 5.32 Å². The predicted molar refractivity (Wildman–Crippen MR) is 85.3 cm³/mol. The number of nitrogens with zero attached hydrogens (tertiary/aromatic N) is 2. The van der Waals surface area contributed by atoms with Crippen molar-refractivity contribution in [1.29, 1.82) is 0 Å². The van der Waals surface area contributed by atoms with Crippen molar-refractivity contribution < 1.29 is 4.92 Å².